The van der Waals surface area contributed by atoms with Crippen molar-refractivity contribution in [2.75, 3.05) is 6.54 Å². The second kappa shape index (κ2) is 5.00. The van der Waals surface area contributed by atoms with Crippen LogP contribution in [0.25, 0.3) is 11.0 Å². The quantitative estimate of drug-likeness (QED) is 0.896. The van der Waals surface area contributed by atoms with Crippen LogP contribution in [0.15, 0.2) is 39.5 Å². The Morgan fingerprint density at radius 1 is 1.43 bits per heavy atom. The van der Waals surface area contributed by atoms with Crippen molar-refractivity contribution < 1.29 is 14.3 Å². The average molecular weight is 287 g/mol. The molecule has 1 saturated carbocycles. The van der Waals surface area contributed by atoms with Crippen molar-refractivity contribution in [2.24, 2.45) is 5.92 Å². The van der Waals surface area contributed by atoms with Crippen LogP contribution in [0.2, 0.25) is 0 Å². The number of para-hydroxylation sites is 1. The molecule has 3 rings (SSSR count). The maximum Gasteiger partial charge on any atom is 0.287 e. The van der Waals surface area contributed by atoms with Crippen molar-refractivity contribution in [1.82, 2.24) is 5.32 Å². The smallest absolute Gasteiger partial charge is 0.287 e. The van der Waals surface area contributed by atoms with Gasteiger partial charge in [0.05, 0.1) is 11.0 Å². The first-order valence-corrected chi connectivity index (χ1v) is 7.01. The van der Waals surface area contributed by atoms with Crippen LogP contribution in [0.4, 0.5) is 0 Å². The van der Waals surface area contributed by atoms with Gasteiger partial charge in [0.2, 0.25) is 0 Å². The fraction of sp³-hybridized carbons (Fsp3) is 0.375. The number of rotatable bonds is 4. The van der Waals surface area contributed by atoms with Gasteiger partial charge in [0, 0.05) is 12.6 Å². The van der Waals surface area contributed by atoms with Crippen LogP contribution in [-0.4, -0.2) is 23.2 Å². The molecule has 1 fully saturated rings. The molecule has 1 aromatic carbocycles. The first-order chi connectivity index (χ1) is 9.97. The first kappa shape index (κ1) is 13.8. The summed E-state index contributed by atoms with van der Waals surface area (Å²) >= 11 is 0. The van der Waals surface area contributed by atoms with E-state index in [9.17, 15) is 14.7 Å². The molecule has 0 saturated heterocycles. The van der Waals surface area contributed by atoms with Gasteiger partial charge in [-0.05, 0) is 37.8 Å². The molecular weight excluding hydrogens is 270 g/mol. The van der Waals surface area contributed by atoms with Crippen LogP contribution >= 0.6 is 0 Å². The summed E-state index contributed by atoms with van der Waals surface area (Å²) in [6, 6.07) is 7.97. The summed E-state index contributed by atoms with van der Waals surface area (Å²) in [7, 11) is 0. The van der Waals surface area contributed by atoms with Crippen LogP contribution < -0.4 is 10.7 Å². The van der Waals surface area contributed by atoms with Crippen LogP contribution in [-0.2, 0) is 0 Å². The summed E-state index contributed by atoms with van der Waals surface area (Å²) in [5.74, 6) is -0.287. The number of nitrogens with one attached hydrogen (secondary N) is 1. The Bertz CT molecular complexity index is 743. The zero-order valence-electron chi connectivity index (χ0n) is 11.8. The van der Waals surface area contributed by atoms with Gasteiger partial charge in [-0.2, -0.15) is 0 Å². The highest BCUT2D eigenvalue weighted by atomic mass is 16.3. The minimum absolute atomic E-state index is 0.0368. The van der Waals surface area contributed by atoms with Gasteiger partial charge in [-0.25, -0.2) is 0 Å². The number of hydrogen-bond acceptors (Lipinski definition) is 4. The number of carbonyl (C=O) groups excluding carboxylic acids is 1. The van der Waals surface area contributed by atoms with E-state index in [1.807, 2.05) is 0 Å². The van der Waals surface area contributed by atoms with Gasteiger partial charge in [-0.15, -0.1) is 0 Å². The maximum absolute atomic E-state index is 12.1. The number of benzene rings is 1. The van der Waals surface area contributed by atoms with Crippen molar-refractivity contribution in [3.05, 3.63) is 46.3 Å². The van der Waals surface area contributed by atoms with Crippen LogP contribution in [0.3, 0.4) is 0 Å². The van der Waals surface area contributed by atoms with Gasteiger partial charge in [0.15, 0.2) is 11.2 Å². The third kappa shape index (κ3) is 2.83. The summed E-state index contributed by atoms with van der Waals surface area (Å²) in [5, 5.41) is 13.2. The molecule has 0 bridgehead atoms. The second-order valence-corrected chi connectivity index (χ2v) is 5.79. The summed E-state index contributed by atoms with van der Waals surface area (Å²) in [6.45, 7) is 1.86. The van der Waals surface area contributed by atoms with Gasteiger partial charge in [0.25, 0.3) is 5.91 Å². The molecule has 2 aromatic rings. The Labute approximate surface area is 121 Å². The molecule has 1 amide bonds. The summed E-state index contributed by atoms with van der Waals surface area (Å²) in [5.41, 5.74) is -0.785. The van der Waals surface area contributed by atoms with E-state index in [1.54, 1.807) is 31.2 Å². The van der Waals surface area contributed by atoms with E-state index in [2.05, 4.69) is 5.32 Å². The van der Waals surface area contributed by atoms with Gasteiger partial charge in [0.1, 0.15) is 5.58 Å². The third-order valence-electron chi connectivity index (χ3n) is 3.92. The van der Waals surface area contributed by atoms with Gasteiger partial charge in [-0.3, -0.25) is 9.59 Å². The van der Waals surface area contributed by atoms with Crippen molar-refractivity contribution in [1.29, 1.82) is 0 Å². The maximum atomic E-state index is 12.1. The van der Waals surface area contributed by atoms with E-state index in [-0.39, 0.29) is 23.7 Å². The highest BCUT2D eigenvalue weighted by Gasteiger charge is 2.40. The lowest BCUT2D eigenvalue weighted by atomic mass is 10.0. The van der Waals surface area contributed by atoms with Gasteiger partial charge < -0.3 is 14.8 Å². The van der Waals surface area contributed by atoms with Crippen LogP contribution in [0.1, 0.15) is 30.3 Å². The van der Waals surface area contributed by atoms with Crippen LogP contribution in [0, 0.1) is 5.92 Å². The van der Waals surface area contributed by atoms with Crippen molar-refractivity contribution in [3.63, 3.8) is 0 Å². The molecule has 2 N–H and O–H groups in total. The molecule has 1 aliphatic rings. The predicted octanol–water partition coefficient (Wildman–Crippen LogP) is 1.68. The molecule has 110 valence electrons. The zero-order chi connectivity index (χ0) is 15.0. The van der Waals surface area contributed by atoms with Gasteiger partial charge >= 0.3 is 0 Å². The van der Waals surface area contributed by atoms with Crippen molar-refractivity contribution in [3.8, 4) is 0 Å². The monoisotopic (exact) mass is 287 g/mol. The third-order valence-corrected chi connectivity index (χ3v) is 3.92. The number of carbonyl (C=O) groups is 1. The van der Waals surface area contributed by atoms with E-state index in [4.69, 9.17) is 4.42 Å². The molecule has 0 aliphatic heterocycles. The Kier molecular flexibility index (Phi) is 3.29. The van der Waals surface area contributed by atoms with E-state index >= 15 is 0 Å². The lowest BCUT2D eigenvalue weighted by Crippen LogP contribution is -2.42. The topological polar surface area (TPSA) is 79.5 Å². The lowest BCUT2D eigenvalue weighted by molar-refractivity contribution is 0.0350. The number of fused-ring (bicyclic) bond motifs is 1. The van der Waals surface area contributed by atoms with Gasteiger partial charge in [-0.1, -0.05) is 12.1 Å². The standard InChI is InChI=1S/C16H17NO4/c1-16(20,10-6-7-10)9-17-15(19)14-8-12(18)11-4-2-3-5-13(11)21-14/h2-5,8,10,20H,6-7,9H2,1H3,(H,17,19). The minimum atomic E-state index is -0.910. The fourth-order valence-electron chi connectivity index (χ4n) is 2.41. The van der Waals surface area contributed by atoms with E-state index in [0.717, 1.165) is 12.8 Å². The van der Waals surface area contributed by atoms with E-state index < -0.39 is 11.5 Å². The van der Waals surface area contributed by atoms with Crippen molar-refractivity contribution in [2.45, 2.75) is 25.4 Å². The summed E-state index contributed by atoms with van der Waals surface area (Å²) < 4.78 is 5.45. The number of aliphatic hydroxyl groups is 1. The van der Waals surface area contributed by atoms with Crippen LogP contribution in [0.5, 0.6) is 0 Å². The predicted molar refractivity (Wildman–Crippen MR) is 78.2 cm³/mol. The highest BCUT2D eigenvalue weighted by molar-refractivity contribution is 5.93. The average Bonchev–Trinajstić information content (AvgIpc) is 3.30. The molecule has 0 spiro atoms. The number of amides is 1. The SMILES string of the molecule is CC(O)(CNC(=O)c1cc(=O)c2ccccc2o1)C1CC1. The lowest BCUT2D eigenvalue weighted by Gasteiger charge is -2.22. The molecule has 5 nitrogen and oxygen atoms in total. The molecule has 1 atom stereocenters. The molecule has 1 aliphatic carbocycles. The normalized spacial score (nSPS) is 17.4. The second-order valence-electron chi connectivity index (χ2n) is 5.79. The zero-order valence-corrected chi connectivity index (χ0v) is 11.8. The molecule has 21 heavy (non-hydrogen) atoms. The molecule has 0 radical (unpaired) electrons. The Morgan fingerprint density at radius 3 is 2.86 bits per heavy atom. The summed E-state index contributed by atoms with van der Waals surface area (Å²) in [6.07, 6.45) is 1.96. The molecule has 1 heterocycles. The molecule has 1 aromatic heterocycles. The fourth-order valence-corrected chi connectivity index (χ4v) is 2.41. The summed E-state index contributed by atoms with van der Waals surface area (Å²) in [4.78, 5) is 24.0. The van der Waals surface area contributed by atoms with Crippen molar-refractivity contribution >= 4 is 16.9 Å². The van der Waals surface area contributed by atoms with E-state index in [1.165, 1.54) is 6.07 Å². The minimum Gasteiger partial charge on any atom is -0.451 e. The van der Waals surface area contributed by atoms with E-state index in [0.29, 0.717) is 11.0 Å². The Balaban J connectivity index is 1.80. The molecule has 5 heteroatoms. The molecule has 1 unspecified atom stereocenters. The Hall–Kier alpha value is -2.14. The first-order valence-electron chi connectivity index (χ1n) is 7.01. The molecular formula is C16H17NO4. The largest absolute Gasteiger partial charge is 0.451 e. The Morgan fingerprint density at radius 2 is 2.14 bits per heavy atom. The highest BCUT2D eigenvalue weighted by Crippen LogP contribution is 2.39. The number of hydrogen-bond donors (Lipinski definition) is 2.